The number of halogens is 1. The van der Waals surface area contributed by atoms with Crippen LogP contribution >= 0.6 is 15.9 Å². The van der Waals surface area contributed by atoms with Crippen LogP contribution in [0.4, 0.5) is 0 Å². The monoisotopic (exact) mass is 294 g/mol. The second-order valence-electron chi connectivity index (χ2n) is 5.92. The molecule has 1 unspecified atom stereocenters. The lowest BCUT2D eigenvalue weighted by Gasteiger charge is -2.38. The highest BCUT2D eigenvalue weighted by Gasteiger charge is 2.34. The second kappa shape index (κ2) is 5.14. The third-order valence-electron chi connectivity index (χ3n) is 4.43. The third-order valence-corrected chi connectivity index (χ3v) is 6.07. The molecule has 1 saturated carbocycles. The van der Waals surface area contributed by atoms with E-state index in [1.165, 1.54) is 48.8 Å². The molecule has 17 heavy (non-hydrogen) atoms. The average molecular weight is 295 g/mol. The van der Waals surface area contributed by atoms with Crippen molar-refractivity contribution in [3.63, 3.8) is 0 Å². The summed E-state index contributed by atoms with van der Waals surface area (Å²) in [6.45, 7) is 6.84. The van der Waals surface area contributed by atoms with E-state index in [1.807, 2.05) is 0 Å². The van der Waals surface area contributed by atoms with Gasteiger partial charge in [0.05, 0.1) is 0 Å². The topological polar surface area (TPSA) is 0 Å². The van der Waals surface area contributed by atoms with Crippen LogP contribution in [0.5, 0.6) is 0 Å². The van der Waals surface area contributed by atoms with Gasteiger partial charge in [0.15, 0.2) is 0 Å². The van der Waals surface area contributed by atoms with E-state index in [9.17, 15) is 0 Å². The highest BCUT2D eigenvalue weighted by Crippen LogP contribution is 2.50. The molecular formula is C16H23Br. The third kappa shape index (κ3) is 2.76. The zero-order chi connectivity index (χ0) is 12.5. The van der Waals surface area contributed by atoms with E-state index in [4.69, 9.17) is 0 Å². The molecule has 0 nitrogen and oxygen atoms in total. The van der Waals surface area contributed by atoms with Gasteiger partial charge in [0.25, 0.3) is 0 Å². The van der Waals surface area contributed by atoms with Gasteiger partial charge in [-0.2, -0.15) is 0 Å². The van der Waals surface area contributed by atoms with Crippen molar-refractivity contribution in [2.75, 3.05) is 0 Å². The Hall–Kier alpha value is -0.300. The van der Waals surface area contributed by atoms with E-state index in [0.717, 1.165) is 0 Å². The zero-order valence-corrected chi connectivity index (χ0v) is 12.8. The SMILES string of the molecule is Cc1ccc(C(Br)C2(C)CCCCC2)cc1C. The Bertz CT molecular complexity index is 389. The van der Waals surface area contributed by atoms with Crippen LogP contribution in [0.25, 0.3) is 0 Å². The second-order valence-corrected chi connectivity index (χ2v) is 6.84. The van der Waals surface area contributed by atoms with Crippen molar-refractivity contribution >= 4 is 15.9 Å². The van der Waals surface area contributed by atoms with Gasteiger partial charge in [0.1, 0.15) is 0 Å². The molecule has 1 aliphatic carbocycles. The summed E-state index contributed by atoms with van der Waals surface area (Å²) in [5.41, 5.74) is 4.70. The molecule has 2 rings (SSSR count). The zero-order valence-electron chi connectivity index (χ0n) is 11.2. The Kier molecular flexibility index (Phi) is 3.97. The molecule has 0 amide bonds. The molecule has 94 valence electrons. The van der Waals surface area contributed by atoms with Crippen molar-refractivity contribution in [3.8, 4) is 0 Å². The van der Waals surface area contributed by atoms with Crippen molar-refractivity contribution in [2.24, 2.45) is 5.41 Å². The fourth-order valence-corrected chi connectivity index (χ4v) is 3.68. The summed E-state index contributed by atoms with van der Waals surface area (Å²) in [6, 6.07) is 6.90. The molecule has 1 heteroatoms. The molecule has 0 heterocycles. The van der Waals surface area contributed by atoms with Crippen LogP contribution in [0, 0.1) is 19.3 Å². The van der Waals surface area contributed by atoms with Crippen LogP contribution in [0.1, 0.15) is 60.5 Å². The molecule has 1 fully saturated rings. The molecule has 0 radical (unpaired) electrons. The number of hydrogen-bond acceptors (Lipinski definition) is 0. The molecule has 1 aliphatic rings. The summed E-state index contributed by atoms with van der Waals surface area (Å²) in [4.78, 5) is 0.509. The number of hydrogen-bond donors (Lipinski definition) is 0. The predicted molar refractivity (Wildman–Crippen MR) is 78.8 cm³/mol. The lowest BCUT2D eigenvalue weighted by molar-refractivity contribution is 0.213. The summed E-state index contributed by atoms with van der Waals surface area (Å²) in [5.74, 6) is 0. The van der Waals surface area contributed by atoms with Crippen LogP contribution in [-0.2, 0) is 0 Å². The molecule has 0 spiro atoms. The van der Waals surface area contributed by atoms with Crippen LogP contribution < -0.4 is 0 Å². The largest absolute Gasteiger partial charge is 0.0833 e. The molecule has 1 aromatic carbocycles. The van der Waals surface area contributed by atoms with Gasteiger partial charge in [0.2, 0.25) is 0 Å². The summed E-state index contributed by atoms with van der Waals surface area (Å²) in [5, 5.41) is 0. The lowest BCUT2D eigenvalue weighted by Crippen LogP contribution is -2.25. The molecule has 0 aromatic heterocycles. The lowest BCUT2D eigenvalue weighted by atomic mass is 9.72. The minimum absolute atomic E-state index is 0.444. The van der Waals surface area contributed by atoms with E-state index in [1.54, 1.807) is 0 Å². The van der Waals surface area contributed by atoms with Gasteiger partial charge in [-0.1, -0.05) is 60.3 Å². The molecule has 0 aliphatic heterocycles. The molecule has 0 N–H and O–H groups in total. The van der Waals surface area contributed by atoms with Crippen LogP contribution in [-0.4, -0.2) is 0 Å². The molecular weight excluding hydrogens is 272 g/mol. The molecule has 0 bridgehead atoms. The van der Waals surface area contributed by atoms with Crippen molar-refractivity contribution in [2.45, 2.75) is 57.7 Å². The van der Waals surface area contributed by atoms with Gasteiger partial charge in [-0.05, 0) is 48.8 Å². The van der Waals surface area contributed by atoms with Crippen molar-refractivity contribution in [1.82, 2.24) is 0 Å². The van der Waals surface area contributed by atoms with Crippen molar-refractivity contribution in [1.29, 1.82) is 0 Å². The van der Waals surface area contributed by atoms with E-state index in [-0.39, 0.29) is 0 Å². The van der Waals surface area contributed by atoms with Crippen molar-refractivity contribution in [3.05, 3.63) is 34.9 Å². The van der Waals surface area contributed by atoms with Crippen LogP contribution in [0.3, 0.4) is 0 Å². The van der Waals surface area contributed by atoms with Gasteiger partial charge < -0.3 is 0 Å². The Labute approximate surface area is 114 Å². The minimum atomic E-state index is 0.444. The smallest absolute Gasteiger partial charge is 0.0449 e. The molecule has 1 aromatic rings. The average Bonchev–Trinajstić information content (AvgIpc) is 2.33. The number of alkyl halides is 1. The Morgan fingerprint density at radius 1 is 1.06 bits per heavy atom. The first-order valence-corrected chi connectivity index (χ1v) is 7.66. The Morgan fingerprint density at radius 3 is 2.29 bits per heavy atom. The Balaban J connectivity index is 2.23. The van der Waals surface area contributed by atoms with Gasteiger partial charge >= 0.3 is 0 Å². The minimum Gasteiger partial charge on any atom is -0.0833 e. The predicted octanol–water partition coefficient (Wildman–Crippen LogP) is 5.71. The Morgan fingerprint density at radius 2 is 1.71 bits per heavy atom. The fourth-order valence-electron chi connectivity index (χ4n) is 2.94. The van der Waals surface area contributed by atoms with Crippen LogP contribution in [0.2, 0.25) is 0 Å². The van der Waals surface area contributed by atoms with Gasteiger partial charge in [-0.25, -0.2) is 0 Å². The van der Waals surface area contributed by atoms with Gasteiger partial charge in [-0.15, -0.1) is 0 Å². The summed E-state index contributed by atoms with van der Waals surface area (Å²) < 4.78 is 0. The van der Waals surface area contributed by atoms with E-state index in [0.29, 0.717) is 10.2 Å². The van der Waals surface area contributed by atoms with Crippen molar-refractivity contribution < 1.29 is 0 Å². The van der Waals surface area contributed by atoms with E-state index < -0.39 is 0 Å². The van der Waals surface area contributed by atoms with Crippen LogP contribution in [0.15, 0.2) is 18.2 Å². The highest BCUT2D eigenvalue weighted by molar-refractivity contribution is 9.09. The first-order chi connectivity index (χ1) is 8.03. The fraction of sp³-hybridized carbons (Fsp3) is 0.625. The number of benzene rings is 1. The number of aryl methyl sites for hydroxylation is 2. The maximum absolute atomic E-state index is 3.96. The number of rotatable bonds is 2. The molecule has 1 atom stereocenters. The van der Waals surface area contributed by atoms with Gasteiger partial charge in [0, 0.05) is 4.83 Å². The maximum atomic E-state index is 3.96. The first-order valence-electron chi connectivity index (χ1n) is 6.74. The van der Waals surface area contributed by atoms with E-state index in [2.05, 4.69) is 54.9 Å². The summed E-state index contributed by atoms with van der Waals surface area (Å²) in [7, 11) is 0. The summed E-state index contributed by atoms with van der Waals surface area (Å²) in [6.07, 6.45) is 6.92. The van der Waals surface area contributed by atoms with Gasteiger partial charge in [-0.3, -0.25) is 0 Å². The molecule has 0 saturated heterocycles. The van der Waals surface area contributed by atoms with E-state index >= 15 is 0 Å². The first kappa shape index (κ1) is 13.1. The quantitative estimate of drug-likeness (QED) is 0.613. The standard InChI is InChI=1S/C16H23Br/c1-12-7-8-14(11-13(12)2)15(17)16(3)9-5-4-6-10-16/h7-8,11,15H,4-6,9-10H2,1-3H3. The summed E-state index contributed by atoms with van der Waals surface area (Å²) >= 11 is 3.96. The normalized spacial score (nSPS) is 21.2. The maximum Gasteiger partial charge on any atom is 0.0449 e. The highest BCUT2D eigenvalue weighted by atomic mass is 79.9.